The summed E-state index contributed by atoms with van der Waals surface area (Å²) >= 11 is 1.37. The smallest absolute Gasteiger partial charge is 0.357 e. The molecule has 0 saturated heterocycles. The Labute approximate surface area is 119 Å². The minimum absolute atomic E-state index is 0.231. The van der Waals surface area contributed by atoms with Crippen LogP contribution in [0.2, 0.25) is 0 Å². The Hall–Kier alpha value is -2.40. The van der Waals surface area contributed by atoms with Crippen LogP contribution >= 0.6 is 11.3 Å². The zero-order valence-electron chi connectivity index (χ0n) is 10.7. The van der Waals surface area contributed by atoms with Gasteiger partial charge in [-0.3, -0.25) is 0 Å². The molecule has 2 aromatic carbocycles. The van der Waals surface area contributed by atoms with E-state index >= 15 is 0 Å². The molecule has 3 rings (SSSR count). The fourth-order valence-corrected chi connectivity index (χ4v) is 2.89. The van der Waals surface area contributed by atoms with E-state index in [1.807, 2.05) is 24.3 Å². The molecule has 0 aliphatic rings. The fourth-order valence-electron chi connectivity index (χ4n) is 2.07. The SMILES string of the molecule is COC(=O)c1csc(-c2ccc(O)c3ccccc23)n1. The number of hydrogen-bond acceptors (Lipinski definition) is 5. The summed E-state index contributed by atoms with van der Waals surface area (Å²) in [5, 5.41) is 13.9. The zero-order valence-corrected chi connectivity index (χ0v) is 11.5. The Balaban J connectivity index is 2.17. The van der Waals surface area contributed by atoms with Crippen LogP contribution in [0.25, 0.3) is 21.3 Å². The van der Waals surface area contributed by atoms with Crippen molar-refractivity contribution < 1.29 is 14.6 Å². The lowest BCUT2D eigenvalue weighted by molar-refractivity contribution is 0.0595. The van der Waals surface area contributed by atoms with Gasteiger partial charge in [0.1, 0.15) is 10.8 Å². The van der Waals surface area contributed by atoms with E-state index in [0.717, 1.165) is 21.3 Å². The second-order valence-electron chi connectivity index (χ2n) is 4.21. The molecular weight excluding hydrogens is 274 g/mol. The van der Waals surface area contributed by atoms with Crippen molar-refractivity contribution in [1.82, 2.24) is 4.98 Å². The molecule has 0 aliphatic heterocycles. The highest BCUT2D eigenvalue weighted by molar-refractivity contribution is 7.13. The lowest BCUT2D eigenvalue weighted by atomic mass is 10.0. The normalized spacial score (nSPS) is 10.7. The summed E-state index contributed by atoms with van der Waals surface area (Å²) in [7, 11) is 1.33. The van der Waals surface area contributed by atoms with Gasteiger partial charge in [-0.15, -0.1) is 11.3 Å². The van der Waals surface area contributed by atoms with E-state index in [9.17, 15) is 9.90 Å². The standard InChI is InChI=1S/C15H11NO3S/c1-19-15(18)12-8-20-14(16-12)11-6-7-13(17)10-5-3-2-4-9(10)11/h2-8,17H,1H3. The predicted octanol–water partition coefficient (Wildman–Crippen LogP) is 3.46. The number of methoxy groups -OCH3 is 1. The Morgan fingerprint density at radius 3 is 2.70 bits per heavy atom. The Morgan fingerprint density at radius 1 is 1.20 bits per heavy atom. The van der Waals surface area contributed by atoms with Crippen LogP contribution in [-0.2, 0) is 4.74 Å². The third-order valence-electron chi connectivity index (χ3n) is 3.03. The third kappa shape index (κ3) is 2.02. The van der Waals surface area contributed by atoms with Crippen molar-refractivity contribution >= 4 is 28.1 Å². The molecule has 0 saturated carbocycles. The molecule has 1 heterocycles. The van der Waals surface area contributed by atoms with Crippen LogP contribution in [0.5, 0.6) is 5.75 Å². The van der Waals surface area contributed by atoms with E-state index in [1.165, 1.54) is 18.4 Å². The third-order valence-corrected chi connectivity index (χ3v) is 3.91. The number of thiazole rings is 1. The Bertz CT molecular complexity index is 795. The van der Waals surface area contributed by atoms with E-state index in [0.29, 0.717) is 5.69 Å². The van der Waals surface area contributed by atoms with Gasteiger partial charge >= 0.3 is 5.97 Å². The van der Waals surface area contributed by atoms with Gasteiger partial charge in [0.05, 0.1) is 7.11 Å². The van der Waals surface area contributed by atoms with Crippen molar-refractivity contribution in [2.24, 2.45) is 0 Å². The molecule has 0 aliphatic carbocycles. The van der Waals surface area contributed by atoms with Gasteiger partial charge in [0.15, 0.2) is 5.69 Å². The van der Waals surface area contributed by atoms with E-state index in [1.54, 1.807) is 17.5 Å². The number of aromatic hydroxyl groups is 1. The first-order valence-corrected chi connectivity index (χ1v) is 6.83. The van der Waals surface area contributed by atoms with Gasteiger partial charge in [-0.1, -0.05) is 24.3 Å². The number of nitrogens with zero attached hydrogens (tertiary/aromatic N) is 1. The molecule has 0 radical (unpaired) electrons. The molecule has 100 valence electrons. The number of esters is 1. The number of ether oxygens (including phenoxy) is 1. The number of aromatic nitrogens is 1. The van der Waals surface area contributed by atoms with E-state index < -0.39 is 5.97 Å². The number of rotatable bonds is 2. The van der Waals surface area contributed by atoms with Gasteiger partial charge in [0.2, 0.25) is 0 Å². The van der Waals surface area contributed by atoms with Crippen LogP contribution < -0.4 is 0 Å². The number of hydrogen-bond donors (Lipinski definition) is 1. The molecule has 0 amide bonds. The van der Waals surface area contributed by atoms with Crippen molar-refractivity contribution in [3.05, 3.63) is 47.5 Å². The van der Waals surface area contributed by atoms with Crippen LogP contribution in [0.4, 0.5) is 0 Å². The molecule has 4 nitrogen and oxygen atoms in total. The summed E-state index contributed by atoms with van der Waals surface area (Å²) < 4.78 is 4.66. The molecule has 0 spiro atoms. The Morgan fingerprint density at radius 2 is 1.95 bits per heavy atom. The second kappa shape index (κ2) is 4.94. The zero-order chi connectivity index (χ0) is 14.1. The Kier molecular flexibility index (Phi) is 3.12. The molecule has 1 N–H and O–H groups in total. The van der Waals surface area contributed by atoms with Crippen LogP contribution in [0.3, 0.4) is 0 Å². The van der Waals surface area contributed by atoms with Crippen LogP contribution in [0.1, 0.15) is 10.5 Å². The van der Waals surface area contributed by atoms with Crippen LogP contribution in [-0.4, -0.2) is 23.2 Å². The predicted molar refractivity (Wildman–Crippen MR) is 78.1 cm³/mol. The highest BCUT2D eigenvalue weighted by atomic mass is 32.1. The number of fused-ring (bicyclic) bond motifs is 1. The molecular formula is C15H11NO3S. The van der Waals surface area contributed by atoms with Gasteiger partial charge in [0, 0.05) is 16.3 Å². The van der Waals surface area contributed by atoms with Crippen molar-refractivity contribution in [2.75, 3.05) is 7.11 Å². The molecule has 20 heavy (non-hydrogen) atoms. The maximum absolute atomic E-state index is 11.5. The average Bonchev–Trinajstić information content (AvgIpc) is 2.97. The van der Waals surface area contributed by atoms with Crippen molar-refractivity contribution in [2.45, 2.75) is 0 Å². The lowest BCUT2D eigenvalue weighted by Gasteiger charge is -2.05. The van der Waals surface area contributed by atoms with Gasteiger partial charge in [-0.05, 0) is 17.5 Å². The summed E-state index contributed by atoms with van der Waals surface area (Å²) in [5.74, 6) is -0.218. The first-order valence-electron chi connectivity index (χ1n) is 5.95. The second-order valence-corrected chi connectivity index (χ2v) is 5.07. The molecule has 1 aromatic heterocycles. The number of benzene rings is 2. The lowest BCUT2D eigenvalue weighted by Crippen LogP contribution is -2.00. The van der Waals surface area contributed by atoms with Gasteiger partial charge in [0.25, 0.3) is 0 Å². The first-order chi connectivity index (χ1) is 9.70. The van der Waals surface area contributed by atoms with Crippen LogP contribution in [0.15, 0.2) is 41.8 Å². The van der Waals surface area contributed by atoms with Crippen molar-refractivity contribution in [3.8, 4) is 16.3 Å². The highest BCUT2D eigenvalue weighted by Crippen LogP contribution is 2.35. The maximum Gasteiger partial charge on any atom is 0.357 e. The molecule has 0 fully saturated rings. The highest BCUT2D eigenvalue weighted by Gasteiger charge is 2.14. The molecule has 0 unspecified atom stereocenters. The molecule has 5 heteroatoms. The minimum Gasteiger partial charge on any atom is -0.507 e. The van der Waals surface area contributed by atoms with Gasteiger partial charge < -0.3 is 9.84 Å². The monoisotopic (exact) mass is 285 g/mol. The van der Waals surface area contributed by atoms with Crippen molar-refractivity contribution in [3.63, 3.8) is 0 Å². The van der Waals surface area contributed by atoms with Gasteiger partial charge in [-0.25, -0.2) is 9.78 Å². The van der Waals surface area contributed by atoms with Crippen molar-refractivity contribution in [1.29, 1.82) is 0 Å². The first kappa shape index (κ1) is 12.6. The summed E-state index contributed by atoms with van der Waals surface area (Å²) in [6, 6.07) is 11.0. The summed E-state index contributed by atoms with van der Waals surface area (Å²) in [5.41, 5.74) is 1.18. The molecule has 3 aromatic rings. The summed E-state index contributed by atoms with van der Waals surface area (Å²) in [4.78, 5) is 15.8. The average molecular weight is 285 g/mol. The largest absolute Gasteiger partial charge is 0.507 e. The van der Waals surface area contributed by atoms with Gasteiger partial charge in [-0.2, -0.15) is 0 Å². The number of carbonyl (C=O) groups excluding carboxylic acids is 1. The maximum atomic E-state index is 11.5. The fraction of sp³-hybridized carbons (Fsp3) is 0.0667. The number of phenolic OH excluding ortho intramolecular Hbond substituents is 1. The quantitative estimate of drug-likeness (QED) is 0.733. The molecule has 0 atom stereocenters. The number of phenols is 1. The number of carbonyl (C=O) groups is 1. The van der Waals surface area contributed by atoms with E-state index in [-0.39, 0.29) is 5.75 Å². The molecule has 0 bridgehead atoms. The minimum atomic E-state index is -0.449. The van der Waals surface area contributed by atoms with E-state index in [4.69, 9.17) is 0 Å². The summed E-state index contributed by atoms with van der Waals surface area (Å²) in [6.45, 7) is 0. The van der Waals surface area contributed by atoms with E-state index in [2.05, 4.69) is 9.72 Å². The topological polar surface area (TPSA) is 59.4 Å². The summed E-state index contributed by atoms with van der Waals surface area (Å²) in [6.07, 6.45) is 0. The van der Waals surface area contributed by atoms with Crippen LogP contribution in [0, 0.1) is 0 Å².